The molecule has 5 heteroatoms. The fourth-order valence-electron chi connectivity index (χ4n) is 1.65. The van der Waals surface area contributed by atoms with E-state index in [2.05, 4.69) is 5.32 Å². The molecule has 0 aliphatic carbocycles. The summed E-state index contributed by atoms with van der Waals surface area (Å²) in [6, 6.07) is 11.6. The van der Waals surface area contributed by atoms with Crippen LogP contribution < -0.4 is 10.5 Å². The van der Waals surface area contributed by atoms with Gasteiger partial charge < -0.3 is 5.32 Å². The molecule has 3 nitrogen and oxygen atoms in total. The van der Waals surface area contributed by atoms with Crippen LogP contribution in [0.5, 0.6) is 0 Å². The number of hydrogen-bond donors (Lipinski definition) is 2. The van der Waals surface area contributed by atoms with E-state index >= 15 is 0 Å². The summed E-state index contributed by atoms with van der Waals surface area (Å²) in [5, 5.41) is 8.09. The molecule has 0 heterocycles. The van der Waals surface area contributed by atoms with Gasteiger partial charge in [0.15, 0.2) is 0 Å². The summed E-state index contributed by atoms with van der Waals surface area (Å²) >= 11 is 1.09. The summed E-state index contributed by atoms with van der Waals surface area (Å²) in [5.41, 5.74) is 1.38. The Morgan fingerprint density at radius 2 is 2.05 bits per heavy atom. The third kappa shape index (κ3) is 3.33. The molecule has 0 aromatic heterocycles. The topological polar surface area (TPSA) is 55.1 Å². The number of aryl methyl sites for hydroxylation is 1. The van der Waals surface area contributed by atoms with E-state index in [9.17, 15) is 9.18 Å². The Labute approximate surface area is 115 Å². The van der Waals surface area contributed by atoms with Gasteiger partial charge in [0.05, 0.1) is 5.56 Å². The zero-order valence-electron chi connectivity index (χ0n) is 10.3. The molecule has 1 amide bonds. The minimum atomic E-state index is -0.526. The number of amides is 1. The molecule has 0 aliphatic rings. The lowest BCUT2D eigenvalue weighted by atomic mass is 10.1. The van der Waals surface area contributed by atoms with Gasteiger partial charge in [-0.05, 0) is 54.8 Å². The van der Waals surface area contributed by atoms with E-state index in [4.69, 9.17) is 5.14 Å². The summed E-state index contributed by atoms with van der Waals surface area (Å²) in [6.07, 6.45) is 0. The third-order valence-electron chi connectivity index (χ3n) is 2.60. The van der Waals surface area contributed by atoms with Crippen LogP contribution in [-0.4, -0.2) is 5.91 Å². The Morgan fingerprint density at radius 3 is 2.74 bits per heavy atom. The first-order valence-corrected chi connectivity index (χ1v) is 6.52. The zero-order valence-corrected chi connectivity index (χ0v) is 11.1. The van der Waals surface area contributed by atoms with E-state index in [-0.39, 0.29) is 5.56 Å². The number of carbonyl (C=O) groups excluding carboxylic acids is 1. The van der Waals surface area contributed by atoms with Crippen molar-refractivity contribution in [3.63, 3.8) is 0 Å². The van der Waals surface area contributed by atoms with E-state index in [1.807, 2.05) is 6.07 Å². The molecule has 98 valence electrons. The smallest absolute Gasteiger partial charge is 0.258 e. The summed E-state index contributed by atoms with van der Waals surface area (Å²) in [4.78, 5) is 12.8. The zero-order chi connectivity index (χ0) is 13.8. The molecule has 0 spiro atoms. The van der Waals surface area contributed by atoms with Gasteiger partial charge in [0, 0.05) is 10.6 Å². The average molecular weight is 276 g/mol. The molecule has 19 heavy (non-hydrogen) atoms. The van der Waals surface area contributed by atoms with Gasteiger partial charge in [0.1, 0.15) is 5.82 Å². The van der Waals surface area contributed by atoms with Crippen molar-refractivity contribution in [2.24, 2.45) is 5.14 Å². The van der Waals surface area contributed by atoms with Crippen LogP contribution in [-0.2, 0) is 0 Å². The number of nitrogens with one attached hydrogen (secondary N) is 1. The molecule has 0 saturated carbocycles. The summed E-state index contributed by atoms with van der Waals surface area (Å²) in [6.45, 7) is 1.77. The van der Waals surface area contributed by atoms with E-state index in [0.717, 1.165) is 22.4 Å². The number of anilines is 1. The average Bonchev–Trinajstić information content (AvgIpc) is 2.38. The van der Waals surface area contributed by atoms with Crippen molar-refractivity contribution in [2.45, 2.75) is 11.8 Å². The molecule has 0 atom stereocenters. The Balaban J connectivity index is 2.20. The van der Waals surface area contributed by atoms with Crippen molar-refractivity contribution in [1.29, 1.82) is 0 Å². The number of hydrogen-bond acceptors (Lipinski definition) is 3. The minimum absolute atomic E-state index is 0.0244. The molecule has 0 aliphatic heterocycles. The third-order valence-corrected chi connectivity index (χ3v) is 3.12. The Hall–Kier alpha value is -1.85. The minimum Gasteiger partial charge on any atom is -0.322 e. The van der Waals surface area contributed by atoms with Crippen LogP contribution in [0.4, 0.5) is 10.1 Å². The van der Waals surface area contributed by atoms with E-state index < -0.39 is 11.7 Å². The van der Waals surface area contributed by atoms with Crippen LogP contribution in [0, 0.1) is 12.7 Å². The Morgan fingerprint density at radius 1 is 1.26 bits per heavy atom. The molecule has 2 rings (SSSR count). The van der Waals surface area contributed by atoms with Gasteiger partial charge in [-0.3, -0.25) is 9.93 Å². The number of halogens is 1. The molecular formula is C14H13FN2OS. The van der Waals surface area contributed by atoms with Crippen molar-refractivity contribution < 1.29 is 9.18 Å². The highest BCUT2D eigenvalue weighted by atomic mass is 32.2. The molecule has 2 aromatic carbocycles. The quantitative estimate of drug-likeness (QED) is 0.845. The first-order valence-electron chi connectivity index (χ1n) is 5.64. The molecule has 0 radical (unpaired) electrons. The standard InChI is InChI=1S/C14H13FN2OS/c1-9-5-6-12(13(15)7-9)14(18)17-10-3-2-4-11(8-10)19-16/h2-8H,16H2,1H3,(H,17,18). The van der Waals surface area contributed by atoms with Gasteiger partial charge >= 0.3 is 0 Å². The van der Waals surface area contributed by atoms with Crippen LogP contribution in [0.25, 0.3) is 0 Å². The number of rotatable bonds is 3. The molecule has 0 unspecified atom stereocenters. The predicted molar refractivity (Wildman–Crippen MR) is 75.6 cm³/mol. The second kappa shape index (κ2) is 5.86. The van der Waals surface area contributed by atoms with Gasteiger partial charge in [-0.25, -0.2) is 4.39 Å². The Kier molecular flexibility index (Phi) is 4.19. The number of carbonyl (C=O) groups is 1. The second-order valence-electron chi connectivity index (χ2n) is 4.08. The van der Waals surface area contributed by atoms with Gasteiger partial charge in [0.25, 0.3) is 5.91 Å². The Bertz CT molecular complexity index is 616. The lowest BCUT2D eigenvalue weighted by Crippen LogP contribution is -2.13. The second-order valence-corrected chi connectivity index (χ2v) is 4.79. The molecule has 3 N–H and O–H groups in total. The highest BCUT2D eigenvalue weighted by Gasteiger charge is 2.11. The molecule has 0 fully saturated rings. The normalized spacial score (nSPS) is 10.3. The maximum atomic E-state index is 13.7. The van der Waals surface area contributed by atoms with Gasteiger partial charge in [-0.1, -0.05) is 12.1 Å². The fraction of sp³-hybridized carbons (Fsp3) is 0.0714. The number of nitrogens with two attached hydrogens (primary N) is 1. The molecular weight excluding hydrogens is 263 g/mol. The molecule has 0 bridgehead atoms. The summed E-state index contributed by atoms with van der Waals surface area (Å²) in [5.74, 6) is -1.00. The van der Waals surface area contributed by atoms with Crippen LogP contribution in [0.15, 0.2) is 47.4 Å². The van der Waals surface area contributed by atoms with Gasteiger partial charge in [0.2, 0.25) is 0 Å². The predicted octanol–water partition coefficient (Wildman–Crippen LogP) is 3.35. The maximum Gasteiger partial charge on any atom is 0.258 e. The highest BCUT2D eigenvalue weighted by molar-refractivity contribution is 7.97. The lowest BCUT2D eigenvalue weighted by Gasteiger charge is -2.07. The van der Waals surface area contributed by atoms with Crippen molar-refractivity contribution in [2.75, 3.05) is 5.32 Å². The van der Waals surface area contributed by atoms with Crippen LogP contribution in [0.3, 0.4) is 0 Å². The first kappa shape index (κ1) is 13.6. The van der Waals surface area contributed by atoms with Crippen molar-refractivity contribution in [1.82, 2.24) is 0 Å². The first-order chi connectivity index (χ1) is 9.10. The maximum absolute atomic E-state index is 13.7. The van der Waals surface area contributed by atoms with E-state index in [1.54, 1.807) is 31.2 Å². The van der Waals surface area contributed by atoms with Crippen LogP contribution >= 0.6 is 11.9 Å². The highest BCUT2D eigenvalue weighted by Crippen LogP contribution is 2.18. The van der Waals surface area contributed by atoms with E-state index in [0.29, 0.717) is 5.69 Å². The van der Waals surface area contributed by atoms with Crippen LogP contribution in [0.1, 0.15) is 15.9 Å². The van der Waals surface area contributed by atoms with E-state index in [1.165, 1.54) is 12.1 Å². The van der Waals surface area contributed by atoms with Gasteiger partial charge in [-0.15, -0.1) is 0 Å². The largest absolute Gasteiger partial charge is 0.322 e. The summed E-state index contributed by atoms with van der Waals surface area (Å²) in [7, 11) is 0. The SMILES string of the molecule is Cc1ccc(C(=O)Nc2cccc(SN)c2)c(F)c1. The fourth-order valence-corrected chi connectivity index (χ4v) is 2.00. The molecule has 2 aromatic rings. The van der Waals surface area contributed by atoms with Crippen molar-refractivity contribution in [3.8, 4) is 0 Å². The van der Waals surface area contributed by atoms with Crippen molar-refractivity contribution >= 4 is 23.5 Å². The van der Waals surface area contributed by atoms with Crippen LogP contribution in [0.2, 0.25) is 0 Å². The summed E-state index contributed by atoms with van der Waals surface area (Å²) < 4.78 is 13.7. The number of benzene rings is 2. The lowest BCUT2D eigenvalue weighted by molar-refractivity contribution is 0.102. The van der Waals surface area contributed by atoms with Gasteiger partial charge in [-0.2, -0.15) is 0 Å². The monoisotopic (exact) mass is 276 g/mol. The van der Waals surface area contributed by atoms with Crippen molar-refractivity contribution in [3.05, 3.63) is 59.4 Å². The molecule has 0 saturated heterocycles.